The molecule has 0 aromatic carbocycles. The fourth-order valence-corrected chi connectivity index (χ4v) is 1.86. The van der Waals surface area contributed by atoms with Gasteiger partial charge in [0.15, 0.2) is 0 Å². The zero-order valence-electron chi connectivity index (χ0n) is 11.8. The molecule has 1 fully saturated rings. The van der Waals surface area contributed by atoms with Crippen LogP contribution in [0.5, 0.6) is 5.88 Å². The van der Waals surface area contributed by atoms with E-state index in [1.807, 2.05) is 0 Å². The molecule has 0 saturated carbocycles. The van der Waals surface area contributed by atoms with Crippen LogP contribution < -0.4 is 10.1 Å². The van der Waals surface area contributed by atoms with Gasteiger partial charge in [-0.25, -0.2) is 4.98 Å². The number of hydrogen-bond acceptors (Lipinski definition) is 6. The number of nitrogens with zero attached hydrogens (tertiary/aromatic N) is 1. The lowest BCUT2D eigenvalue weighted by molar-refractivity contribution is -0.141. The Balaban J connectivity index is 1.89. The number of aromatic nitrogens is 1. The van der Waals surface area contributed by atoms with Crippen molar-refractivity contribution in [2.24, 2.45) is 0 Å². The highest BCUT2D eigenvalue weighted by Gasteiger charge is 2.18. The Morgan fingerprint density at radius 1 is 1.52 bits per heavy atom. The number of carbonyl (C=O) groups is 2. The average molecular weight is 294 g/mol. The Morgan fingerprint density at radius 2 is 2.38 bits per heavy atom. The standard InChI is InChI=1S/C14H18N2O5/c1-2-20-13(17)8-16-14(18)10-3-5-15-12(7-10)21-11-4-6-19-9-11/h3,5,7,11H,2,4,6,8-9H2,1H3,(H,16,18). The molecule has 1 atom stereocenters. The Hall–Kier alpha value is -2.15. The van der Waals surface area contributed by atoms with E-state index in [9.17, 15) is 9.59 Å². The van der Waals surface area contributed by atoms with Crippen LogP contribution in [0.25, 0.3) is 0 Å². The third-order valence-electron chi connectivity index (χ3n) is 2.87. The van der Waals surface area contributed by atoms with E-state index >= 15 is 0 Å². The minimum atomic E-state index is -0.473. The molecule has 21 heavy (non-hydrogen) atoms. The zero-order valence-corrected chi connectivity index (χ0v) is 11.8. The number of hydrogen-bond donors (Lipinski definition) is 1. The molecule has 1 aromatic heterocycles. The Bertz CT molecular complexity index is 500. The summed E-state index contributed by atoms with van der Waals surface area (Å²) in [6.07, 6.45) is 2.26. The molecule has 1 saturated heterocycles. The largest absolute Gasteiger partial charge is 0.472 e. The van der Waals surface area contributed by atoms with E-state index in [2.05, 4.69) is 10.3 Å². The third kappa shape index (κ3) is 4.71. The zero-order chi connectivity index (χ0) is 15.1. The monoisotopic (exact) mass is 294 g/mol. The van der Waals surface area contributed by atoms with Crippen LogP contribution in [-0.2, 0) is 14.3 Å². The number of amides is 1. The molecule has 1 N–H and O–H groups in total. The quantitative estimate of drug-likeness (QED) is 0.771. The Labute approximate surface area is 122 Å². The maximum Gasteiger partial charge on any atom is 0.325 e. The molecule has 1 amide bonds. The van der Waals surface area contributed by atoms with Crippen molar-refractivity contribution in [2.45, 2.75) is 19.4 Å². The molecule has 0 spiro atoms. The highest BCUT2D eigenvalue weighted by atomic mass is 16.5. The second-order valence-corrected chi connectivity index (χ2v) is 4.47. The van der Waals surface area contributed by atoms with Crippen LogP contribution in [0.3, 0.4) is 0 Å². The lowest BCUT2D eigenvalue weighted by Crippen LogP contribution is -2.30. The fraction of sp³-hybridized carbons (Fsp3) is 0.500. The van der Waals surface area contributed by atoms with Gasteiger partial charge in [0.1, 0.15) is 12.6 Å². The van der Waals surface area contributed by atoms with Crippen molar-refractivity contribution in [2.75, 3.05) is 26.4 Å². The average Bonchev–Trinajstić information content (AvgIpc) is 2.98. The summed E-state index contributed by atoms with van der Waals surface area (Å²) in [5, 5.41) is 2.48. The summed E-state index contributed by atoms with van der Waals surface area (Å²) in [5.41, 5.74) is 0.378. The summed E-state index contributed by atoms with van der Waals surface area (Å²) < 4.78 is 15.6. The SMILES string of the molecule is CCOC(=O)CNC(=O)c1ccnc(OC2CCOC2)c1. The lowest BCUT2D eigenvalue weighted by atomic mass is 10.2. The highest BCUT2D eigenvalue weighted by Crippen LogP contribution is 2.15. The van der Waals surface area contributed by atoms with Gasteiger partial charge in [0, 0.05) is 24.2 Å². The summed E-state index contributed by atoms with van der Waals surface area (Å²) in [6, 6.07) is 3.09. The first-order chi connectivity index (χ1) is 10.2. The summed E-state index contributed by atoms with van der Waals surface area (Å²) in [7, 11) is 0. The smallest absolute Gasteiger partial charge is 0.325 e. The second kappa shape index (κ2) is 7.58. The normalized spacial score (nSPS) is 17.3. The molecule has 2 rings (SSSR count). The summed E-state index contributed by atoms with van der Waals surface area (Å²) in [4.78, 5) is 27.2. The van der Waals surface area contributed by atoms with Crippen LogP contribution in [-0.4, -0.2) is 49.3 Å². The van der Waals surface area contributed by atoms with Gasteiger partial charge in [-0.15, -0.1) is 0 Å². The van der Waals surface area contributed by atoms with E-state index in [0.29, 0.717) is 24.7 Å². The molecule has 7 nitrogen and oxygen atoms in total. The first-order valence-corrected chi connectivity index (χ1v) is 6.83. The second-order valence-electron chi connectivity index (χ2n) is 4.47. The summed E-state index contributed by atoms with van der Waals surface area (Å²) in [5.74, 6) is -0.480. The van der Waals surface area contributed by atoms with Gasteiger partial charge < -0.3 is 19.5 Å². The maximum absolute atomic E-state index is 11.9. The molecule has 1 aliphatic rings. The minimum Gasteiger partial charge on any atom is -0.472 e. The summed E-state index contributed by atoms with van der Waals surface area (Å²) in [6.45, 7) is 3.03. The number of pyridine rings is 1. The van der Waals surface area contributed by atoms with Crippen molar-refractivity contribution < 1.29 is 23.8 Å². The van der Waals surface area contributed by atoms with E-state index in [0.717, 1.165) is 6.42 Å². The number of esters is 1. The van der Waals surface area contributed by atoms with Gasteiger partial charge in [0.25, 0.3) is 5.91 Å². The first-order valence-electron chi connectivity index (χ1n) is 6.83. The van der Waals surface area contributed by atoms with Gasteiger partial charge in [-0.3, -0.25) is 9.59 Å². The van der Waals surface area contributed by atoms with Crippen LogP contribution in [0.4, 0.5) is 0 Å². The molecular formula is C14H18N2O5. The van der Waals surface area contributed by atoms with Crippen molar-refractivity contribution in [3.63, 3.8) is 0 Å². The number of ether oxygens (including phenoxy) is 3. The fourth-order valence-electron chi connectivity index (χ4n) is 1.86. The summed E-state index contributed by atoms with van der Waals surface area (Å²) >= 11 is 0. The predicted molar refractivity (Wildman–Crippen MR) is 73.1 cm³/mol. The molecule has 0 bridgehead atoms. The topological polar surface area (TPSA) is 86.8 Å². The van der Waals surface area contributed by atoms with Gasteiger partial charge in [-0.05, 0) is 13.0 Å². The van der Waals surface area contributed by atoms with Crippen LogP contribution in [0, 0.1) is 0 Å². The molecule has 2 heterocycles. The van der Waals surface area contributed by atoms with E-state index in [-0.39, 0.29) is 25.2 Å². The Morgan fingerprint density at radius 3 is 3.10 bits per heavy atom. The van der Waals surface area contributed by atoms with E-state index < -0.39 is 5.97 Å². The molecule has 1 aliphatic heterocycles. The molecule has 0 aliphatic carbocycles. The molecule has 0 radical (unpaired) electrons. The van der Waals surface area contributed by atoms with Crippen LogP contribution >= 0.6 is 0 Å². The maximum atomic E-state index is 11.9. The van der Waals surface area contributed by atoms with Gasteiger partial charge in [0.05, 0.1) is 19.8 Å². The molecular weight excluding hydrogens is 276 g/mol. The lowest BCUT2D eigenvalue weighted by Gasteiger charge is -2.11. The highest BCUT2D eigenvalue weighted by molar-refractivity contribution is 5.96. The van der Waals surface area contributed by atoms with Gasteiger partial charge in [0.2, 0.25) is 5.88 Å². The van der Waals surface area contributed by atoms with E-state index in [1.54, 1.807) is 19.1 Å². The Kier molecular flexibility index (Phi) is 5.51. The predicted octanol–water partition coefficient (Wildman–Crippen LogP) is 0.542. The van der Waals surface area contributed by atoms with Gasteiger partial charge >= 0.3 is 5.97 Å². The van der Waals surface area contributed by atoms with Crippen molar-refractivity contribution >= 4 is 11.9 Å². The van der Waals surface area contributed by atoms with Crippen LogP contribution in [0.15, 0.2) is 18.3 Å². The minimum absolute atomic E-state index is 0.0321. The third-order valence-corrected chi connectivity index (χ3v) is 2.87. The number of carbonyl (C=O) groups excluding carboxylic acids is 2. The molecule has 7 heteroatoms. The van der Waals surface area contributed by atoms with Gasteiger partial charge in [-0.1, -0.05) is 0 Å². The van der Waals surface area contributed by atoms with Crippen molar-refractivity contribution in [1.82, 2.24) is 10.3 Å². The van der Waals surface area contributed by atoms with Crippen molar-refractivity contribution in [3.05, 3.63) is 23.9 Å². The molecule has 114 valence electrons. The van der Waals surface area contributed by atoms with Crippen molar-refractivity contribution in [1.29, 1.82) is 0 Å². The number of nitrogens with one attached hydrogen (secondary N) is 1. The molecule has 1 aromatic rings. The van der Waals surface area contributed by atoms with Gasteiger partial charge in [-0.2, -0.15) is 0 Å². The first kappa shape index (κ1) is 15.2. The van der Waals surface area contributed by atoms with Crippen LogP contribution in [0.2, 0.25) is 0 Å². The number of rotatable bonds is 6. The van der Waals surface area contributed by atoms with E-state index in [1.165, 1.54) is 6.20 Å². The van der Waals surface area contributed by atoms with Crippen LogP contribution in [0.1, 0.15) is 23.7 Å². The van der Waals surface area contributed by atoms with E-state index in [4.69, 9.17) is 14.2 Å². The van der Waals surface area contributed by atoms with Crippen molar-refractivity contribution in [3.8, 4) is 5.88 Å². The molecule has 1 unspecified atom stereocenters.